The number of hydrogen-bond donors (Lipinski definition) is 1. The van der Waals surface area contributed by atoms with Crippen molar-refractivity contribution in [1.29, 1.82) is 0 Å². The molecule has 2 aliphatic rings. The van der Waals surface area contributed by atoms with Crippen molar-refractivity contribution in [2.45, 2.75) is 39.5 Å². The van der Waals surface area contributed by atoms with Crippen LogP contribution in [0.15, 0.2) is 0 Å². The number of likely N-dealkylation sites (tertiary alicyclic amines) is 1. The van der Waals surface area contributed by atoms with Crippen LogP contribution < -0.4 is 5.32 Å². The van der Waals surface area contributed by atoms with Crippen LogP contribution in [-0.2, 0) is 0 Å². The van der Waals surface area contributed by atoms with Crippen molar-refractivity contribution < 1.29 is 4.79 Å². The van der Waals surface area contributed by atoms with E-state index in [2.05, 4.69) is 29.0 Å². The summed E-state index contributed by atoms with van der Waals surface area (Å²) in [6, 6.07) is 0.143. The maximum absolute atomic E-state index is 12.2. The molecule has 0 aliphatic carbocycles. The van der Waals surface area contributed by atoms with E-state index in [1.54, 1.807) is 0 Å². The van der Waals surface area contributed by atoms with Crippen LogP contribution in [0.2, 0.25) is 0 Å². The Hall–Kier alpha value is -0.810. The molecule has 0 aromatic rings. The number of nitrogens with one attached hydrogen (secondary N) is 1. The van der Waals surface area contributed by atoms with Gasteiger partial charge in [-0.2, -0.15) is 0 Å². The molecule has 128 valence electrons. The zero-order valence-electron chi connectivity index (χ0n) is 14.5. The van der Waals surface area contributed by atoms with E-state index in [0.717, 1.165) is 58.7 Å². The third-order valence-electron chi connectivity index (χ3n) is 4.98. The maximum atomic E-state index is 12.2. The van der Waals surface area contributed by atoms with Crippen LogP contribution >= 0.6 is 0 Å². The zero-order valence-corrected chi connectivity index (χ0v) is 14.5. The summed E-state index contributed by atoms with van der Waals surface area (Å²) in [5.74, 6) is 0.518. The summed E-state index contributed by atoms with van der Waals surface area (Å²) < 4.78 is 0. The summed E-state index contributed by atoms with van der Waals surface area (Å²) in [7, 11) is 0. The maximum Gasteiger partial charge on any atom is 0.317 e. The Morgan fingerprint density at radius 1 is 0.955 bits per heavy atom. The van der Waals surface area contributed by atoms with Crippen molar-refractivity contribution >= 4 is 6.03 Å². The minimum absolute atomic E-state index is 0.143. The van der Waals surface area contributed by atoms with Gasteiger partial charge in [-0.3, -0.25) is 0 Å². The highest BCUT2D eigenvalue weighted by Gasteiger charge is 2.19. The Kier molecular flexibility index (Phi) is 7.46. The molecule has 2 aliphatic heterocycles. The Balaban J connectivity index is 1.62. The lowest BCUT2D eigenvalue weighted by molar-refractivity contribution is 0.123. The van der Waals surface area contributed by atoms with Gasteiger partial charge in [0, 0.05) is 52.4 Å². The van der Waals surface area contributed by atoms with Gasteiger partial charge < -0.3 is 20.0 Å². The van der Waals surface area contributed by atoms with Gasteiger partial charge in [-0.15, -0.1) is 0 Å². The molecule has 2 amide bonds. The van der Waals surface area contributed by atoms with Crippen molar-refractivity contribution in [1.82, 2.24) is 20.0 Å². The van der Waals surface area contributed by atoms with E-state index in [0.29, 0.717) is 5.92 Å². The van der Waals surface area contributed by atoms with E-state index in [1.165, 1.54) is 25.9 Å². The highest BCUT2D eigenvalue weighted by Crippen LogP contribution is 2.10. The van der Waals surface area contributed by atoms with Gasteiger partial charge >= 0.3 is 6.03 Å². The van der Waals surface area contributed by atoms with Crippen LogP contribution in [0.3, 0.4) is 0 Å². The van der Waals surface area contributed by atoms with Crippen molar-refractivity contribution in [3.63, 3.8) is 0 Å². The number of hydrogen-bond acceptors (Lipinski definition) is 3. The van der Waals surface area contributed by atoms with Gasteiger partial charge in [0.2, 0.25) is 0 Å². The topological polar surface area (TPSA) is 38.8 Å². The second kappa shape index (κ2) is 9.36. The lowest BCUT2D eigenvalue weighted by atomic mass is 10.1. The molecule has 5 nitrogen and oxygen atoms in total. The lowest BCUT2D eigenvalue weighted by Gasteiger charge is -2.35. The van der Waals surface area contributed by atoms with E-state index in [9.17, 15) is 4.79 Å². The molecule has 2 saturated heterocycles. The van der Waals surface area contributed by atoms with E-state index in [4.69, 9.17) is 0 Å². The van der Waals surface area contributed by atoms with Crippen molar-refractivity contribution in [2.24, 2.45) is 5.92 Å². The summed E-state index contributed by atoms with van der Waals surface area (Å²) in [5.41, 5.74) is 0. The quantitative estimate of drug-likeness (QED) is 0.842. The molecule has 1 atom stereocenters. The fraction of sp³-hybridized carbons (Fsp3) is 0.941. The van der Waals surface area contributed by atoms with Crippen LogP contribution in [0.5, 0.6) is 0 Å². The van der Waals surface area contributed by atoms with Gasteiger partial charge in [0.25, 0.3) is 0 Å². The fourth-order valence-electron chi connectivity index (χ4n) is 3.44. The lowest BCUT2D eigenvalue weighted by Crippen LogP contribution is -2.48. The van der Waals surface area contributed by atoms with Crippen molar-refractivity contribution in [2.75, 3.05) is 58.9 Å². The normalized spacial score (nSPS) is 23.1. The molecular formula is C17H34N4O. The summed E-state index contributed by atoms with van der Waals surface area (Å²) in [6.07, 6.45) is 4.85. The number of likely N-dealkylation sites (N-methyl/N-ethyl adjacent to an activating group) is 1. The number of urea groups is 1. The molecule has 0 saturated carbocycles. The molecule has 5 heteroatoms. The first kappa shape index (κ1) is 17.5. The Bertz CT molecular complexity index is 321. The molecule has 0 unspecified atom stereocenters. The van der Waals surface area contributed by atoms with E-state index in [1.807, 2.05) is 4.90 Å². The van der Waals surface area contributed by atoms with Gasteiger partial charge in [-0.25, -0.2) is 4.79 Å². The molecule has 2 rings (SSSR count). The van der Waals surface area contributed by atoms with Crippen LogP contribution in [0.1, 0.15) is 39.5 Å². The molecule has 0 bridgehead atoms. The summed E-state index contributed by atoms with van der Waals surface area (Å²) in [5, 5.41) is 3.14. The fourth-order valence-corrected chi connectivity index (χ4v) is 3.44. The second-order valence-electron chi connectivity index (χ2n) is 6.93. The number of nitrogens with zero attached hydrogens (tertiary/aromatic N) is 3. The van der Waals surface area contributed by atoms with Gasteiger partial charge in [0.05, 0.1) is 0 Å². The second-order valence-corrected chi connectivity index (χ2v) is 6.93. The van der Waals surface area contributed by atoms with Gasteiger partial charge in [0.1, 0.15) is 0 Å². The SMILES string of the molecule is CCN1CCN(C[C@H](C)CNC(=O)N2CCCCCC2)CC1. The third kappa shape index (κ3) is 5.76. The molecule has 0 spiro atoms. The average Bonchev–Trinajstić information content (AvgIpc) is 2.82. The number of amides is 2. The number of piperazine rings is 1. The molecule has 2 heterocycles. The highest BCUT2D eigenvalue weighted by atomic mass is 16.2. The molecular weight excluding hydrogens is 276 g/mol. The van der Waals surface area contributed by atoms with Crippen LogP contribution in [0.4, 0.5) is 4.79 Å². The first-order valence-corrected chi connectivity index (χ1v) is 9.16. The largest absolute Gasteiger partial charge is 0.338 e. The van der Waals surface area contributed by atoms with Gasteiger partial charge in [-0.05, 0) is 25.3 Å². The Labute approximate surface area is 136 Å². The van der Waals surface area contributed by atoms with Crippen LogP contribution in [0, 0.1) is 5.92 Å². The average molecular weight is 310 g/mol. The number of carbonyl (C=O) groups is 1. The van der Waals surface area contributed by atoms with Crippen LogP contribution in [0.25, 0.3) is 0 Å². The molecule has 0 aromatic heterocycles. The highest BCUT2D eigenvalue weighted by molar-refractivity contribution is 5.74. The molecule has 0 radical (unpaired) electrons. The molecule has 1 N–H and O–H groups in total. The molecule has 0 aromatic carbocycles. The molecule has 2 fully saturated rings. The van der Waals surface area contributed by atoms with Crippen molar-refractivity contribution in [3.8, 4) is 0 Å². The van der Waals surface area contributed by atoms with E-state index >= 15 is 0 Å². The molecule has 22 heavy (non-hydrogen) atoms. The Morgan fingerprint density at radius 2 is 1.55 bits per heavy atom. The number of rotatable bonds is 5. The third-order valence-corrected chi connectivity index (χ3v) is 4.98. The minimum Gasteiger partial charge on any atom is -0.338 e. The summed E-state index contributed by atoms with van der Waals surface area (Å²) in [6.45, 7) is 14.1. The predicted molar refractivity (Wildman–Crippen MR) is 91.2 cm³/mol. The Morgan fingerprint density at radius 3 is 2.14 bits per heavy atom. The van der Waals surface area contributed by atoms with Crippen LogP contribution in [-0.4, -0.2) is 79.6 Å². The van der Waals surface area contributed by atoms with E-state index < -0.39 is 0 Å². The monoisotopic (exact) mass is 310 g/mol. The predicted octanol–water partition coefficient (Wildman–Crippen LogP) is 1.85. The summed E-state index contributed by atoms with van der Waals surface area (Å²) in [4.78, 5) is 19.3. The van der Waals surface area contributed by atoms with Crippen molar-refractivity contribution in [3.05, 3.63) is 0 Å². The zero-order chi connectivity index (χ0) is 15.8. The number of carbonyl (C=O) groups excluding carboxylic acids is 1. The first-order valence-electron chi connectivity index (χ1n) is 9.16. The minimum atomic E-state index is 0.143. The standard InChI is InChI=1S/C17H34N4O/c1-3-19-10-12-20(13-11-19)15-16(2)14-18-17(22)21-8-6-4-5-7-9-21/h16H,3-15H2,1-2H3,(H,18,22)/t16-/m1/s1. The van der Waals surface area contributed by atoms with Gasteiger partial charge in [0.15, 0.2) is 0 Å². The first-order chi connectivity index (χ1) is 10.7. The van der Waals surface area contributed by atoms with Gasteiger partial charge in [-0.1, -0.05) is 26.7 Å². The summed E-state index contributed by atoms with van der Waals surface area (Å²) >= 11 is 0. The van der Waals surface area contributed by atoms with E-state index in [-0.39, 0.29) is 6.03 Å². The smallest absolute Gasteiger partial charge is 0.317 e.